The molecule has 1 aromatic rings. The van der Waals surface area contributed by atoms with E-state index in [1.54, 1.807) is 6.92 Å². The minimum Gasteiger partial charge on any atom is -0.481 e. The summed E-state index contributed by atoms with van der Waals surface area (Å²) in [6.07, 6.45) is 8.18. The van der Waals surface area contributed by atoms with Gasteiger partial charge in [-0.1, -0.05) is 56.9 Å². The number of aryl methyl sites for hydroxylation is 1. The maximum atomic E-state index is 11.9. The van der Waals surface area contributed by atoms with Gasteiger partial charge in [-0.25, -0.2) is 0 Å². The maximum Gasteiger partial charge on any atom is 0.307 e. The average molecular weight is 363 g/mol. The number of hydrogen-bond donors (Lipinski definition) is 2. The zero-order valence-electron chi connectivity index (χ0n) is 16.2. The van der Waals surface area contributed by atoms with E-state index < -0.39 is 5.97 Å². The Labute approximate surface area is 157 Å². The quantitative estimate of drug-likeness (QED) is 0.476. The summed E-state index contributed by atoms with van der Waals surface area (Å²) in [6.45, 7) is 3.81. The van der Waals surface area contributed by atoms with Gasteiger partial charge < -0.3 is 10.2 Å². The predicted octanol–water partition coefficient (Wildman–Crippen LogP) is 4.56. The van der Waals surface area contributed by atoms with E-state index >= 15 is 0 Å². The molecule has 0 aliphatic rings. The Morgan fingerprint density at radius 2 is 1.54 bits per heavy atom. The molecule has 146 valence electrons. The fourth-order valence-electron chi connectivity index (χ4n) is 3.26. The molecule has 0 fully saturated rings. The molecule has 0 spiro atoms. The van der Waals surface area contributed by atoms with Crippen molar-refractivity contribution in [2.45, 2.75) is 84.2 Å². The Hall–Kier alpha value is -1.68. The Balaban J connectivity index is 2.36. The van der Waals surface area contributed by atoms with Gasteiger partial charge in [0.05, 0.1) is 12.5 Å². The van der Waals surface area contributed by atoms with Crippen molar-refractivity contribution in [2.24, 2.45) is 5.92 Å². The van der Waals surface area contributed by atoms with E-state index in [9.17, 15) is 14.7 Å². The molecule has 0 heterocycles. The monoisotopic (exact) mass is 362 g/mol. The van der Waals surface area contributed by atoms with E-state index in [4.69, 9.17) is 5.11 Å². The van der Waals surface area contributed by atoms with Gasteiger partial charge in [0.2, 0.25) is 0 Å². The lowest BCUT2D eigenvalue weighted by Gasteiger charge is -2.15. The molecule has 0 saturated heterocycles. The van der Waals surface area contributed by atoms with Crippen LogP contribution in [0.4, 0.5) is 0 Å². The minimum absolute atomic E-state index is 0.0385. The fraction of sp³-hybridized carbons (Fsp3) is 0.636. The van der Waals surface area contributed by atoms with Crippen molar-refractivity contribution in [1.29, 1.82) is 0 Å². The number of hydrogen-bond acceptors (Lipinski definition) is 3. The lowest BCUT2D eigenvalue weighted by Crippen LogP contribution is -2.14. The van der Waals surface area contributed by atoms with Crippen molar-refractivity contribution in [3.63, 3.8) is 0 Å². The Kier molecular flexibility index (Phi) is 10.9. The van der Waals surface area contributed by atoms with Crippen LogP contribution in [0.2, 0.25) is 0 Å². The zero-order valence-corrected chi connectivity index (χ0v) is 16.2. The summed E-state index contributed by atoms with van der Waals surface area (Å²) in [6, 6.07) is 7.59. The number of rotatable bonds is 14. The lowest BCUT2D eigenvalue weighted by atomic mass is 9.90. The Morgan fingerprint density at radius 3 is 2.12 bits per heavy atom. The third-order valence-electron chi connectivity index (χ3n) is 4.97. The molecule has 2 atom stereocenters. The number of carbonyl (C=O) groups is 2. The van der Waals surface area contributed by atoms with Crippen LogP contribution >= 0.6 is 0 Å². The van der Waals surface area contributed by atoms with Crippen LogP contribution in [0.5, 0.6) is 0 Å². The number of carbonyl (C=O) groups excluding carboxylic acids is 1. The smallest absolute Gasteiger partial charge is 0.307 e. The maximum absolute atomic E-state index is 11.9. The van der Waals surface area contributed by atoms with Crippen LogP contribution in [0.25, 0.3) is 0 Å². The molecule has 1 aromatic carbocycles. The molecule has 0 bridgehead atoms. The number of Topliss-reactive ketones (excluding diaryl/α,β-unsaturated/α-hetero) is 1. The number of aliphatic hydroxyl groups excluding tert-OH is 1. The standard InChI is InChI=1S/C22H34O4/c1-3-4-5-8-21(24)9-6-7-20(17(2)23)15-14-18-10-12-19(13-11-18)16-22(25)26/h10-13,20-21,24H,3-9,14-16H2,1-2H3,(H,25,26). The van der Waals surface area contributed by atoms with E-state index in [0.717, 1.165) is 62.5 Å². The van der Waals surface area contributed by atoms with Crippen molar-refractivity contribution >= 4 is 11.8 Å². The SMILES string of the molecule is CCCCCC(O)CCCC(CCc1ccc(CC(=O)O)cc1)C(C)=O. The van der Waals surface area contributed by atoms with Crippen LogP contribution in [-0.4, -0.2) is 28.1 Å². The van der Waals surface area contributed by atoms with Crippen LogP contribution in [-0.2, 0) is 22.4 Å². The molecule has 0 amide bonds. The molecular weight excluding hydrogens is 328 g/mol. The number of aliphatic hydroxyl groups is 1. The van der Waals surface area contributed by atoms with E-state index in [1.807, 2.05) is 24.3 Å². The third kappa shape index (κ3) is 9.71. The number of unbranched alkanes of at least 4 members (excludes halogenated alkanes) is 2. The van der Waals surface area contributed by atoms with Gasteiger partial charge in [0.25, 0.3) is 0 Å². The highest BCUT2D eigenvalue weighted by atomic mass is 16.4. The summed E-state index contributed by atoms with van der Waals surface area (Å²) in [4.78, 5) is 22.6. The fourth-order valence-corrected chi connectivity index (χ4v) is 3.26. The van der Waals surface area contributed by atoms with Gasteiger partial charge in [0.15, 0.2) is 0 Å². The van der Waals surface area contributed by atoms with Gasteiger partial charge in [-0.05, 0) is 50.2 Å². The third-order valence-corrected chi connectivity index (χ3v) is 4.97. The van der Waals surface area contributed by atoms with Gasteiger partial charge in [-0.2, -0.15) is 0 Å². The normalized spacial score (nSPS) is 13.3. The van der Waals surface area contributed by atoms with Gasteiger partial charge in [-0.3, -0.25) is 9.59 Å². The molecule has 2 unspecified atom stereocenters. The van der Waals surface area contributed by atoms with Gasteiger partial charge in [-0.15, -0.1) is 0 Å². The second-order valence-corrected chi connectivity index (χ2v) is 7.31. The van der Waals surface area contributed by atoms with Crippen molar-refractivity contribution in [1.82, 2.24) is 0 Å². The summed E-state index contributed by atoms with van der Waals surface area (Å²) < 4.78 is 0. The summed E-state index contributed by atoms with van der Waals surface area (Å²) in [5.74, 6) is -0.573. The summed E-state index contributed by atoms with van der Waals surface area (Å²) in [5.41, 5.74) is 1.92. The van der Waals surface area contributed by atoms with E-state index in [2.05, 4.69) is 6.92 Å². The molecule has 1 rings (SSSR count). The molecule has 26 heavy (non-hydrogen) atoms. The second kappa shape index (κ2) is 12.6. The first-order chi connectivity index (χ1) is 12.4. The van der Waals surface area contributed by atoms with Crippen LogP contribution < -0.4 is 0 Å². The first-order valence-electron chi connectivity index (χ1n) is 9.90. The highest BCUT2D eigenvalue weighted by Gasteiger charge is 2.15. The van der Waals surface area contributed by atoms with Crippen molar-refractivity contribution in [3.05, 3.63) is 35.4 Å². The largest absolute Gasteiger partial charge is 0.481 e. The predicted molar refractivity (Wildman–Crippen MR) is 104 cm³/mol. The molecule has 4 heteroatoms. The van der Waals surface area contributed by atoms with E-state index in [0.29, 0.717) is 0 Å². The highest BCUT2D eigenvalue weighted by molar-refractivity contribution is 5.78. The molecule has 0 aliphatic carbocycles. The van der Waals surface area contributed by atoms with Crippen molar-refractivity contribution in [3.8, 4) is 0 Å². The molecule has 0 aromatic heterocycles. The van der Waals surface area contributed by atoms with Crippen LogP contribution in [0.1, 0.15) is 76.3 Å². The molecule has 0 saturated carbocycles. The molecular formula is C22H34O4. The van der Waals surface area contributed by atoms with Gasteiger partial charge in [0.1, 0.15) is 5.78 Å². The van der Waals surface area contributed by atoms with E-state index in [-0.39, 0.29) is 24.2 Å². The van der Waals surface area contributed by atoms with Crippen LogP contribution in [0, 0.1) is 5.92 Å². The number of benzene rings is 1. The first-order valence-corrected chi connectivity index (χ1v) is 9.90. The second-order valence-electron chi connectivity index (χ2n) is 7.31. The average Bonchev–Trinajstić information content (AvgIpc) is 2.58. The first kappa shape index (κ1) is 22.4. The highest BCUT2D eigenvalue weighted by Crippen LogP contribution is 2.19. The van der Waals surface area contributed by atoms with E-state index in [1.165, 1.54) is 6.42 Å². The topological polar surface area (TPSA) is 74.6 Å². The number of carboxylic acid groups (broad SMARTS) is 1. The zero-order chi connectivity index (χ0) is 19.4. The minimum atomic E-state index is -0.828. The van der Waals surface area contributed by atoms with Crippen molar-refractivity contribution in [2.75, 3.05) is 0 Å². The molecule has 0 aliphatic heterocycles. The summed E-state index contributed by atoms with van der Waals surface area (Å²) in [5, 5.41) is 18.8. The summed E-state index contributed by atoms with van der Waals surface area (Å²) >= 11 is 0. The Morgan fingerprint density at radius 1 is 0.923 bits per heavy atom. The van der Waals surface area contributed by atoms with Crippen LogP contribution in [0.15, 0.2) is 24.3 Å². The van der Waals surface area contributed by atoms with Gasteiger partial charge in [0, 0.05) is 5.92 Å². The molecule has 0 radical (unpaired) electrons. The number of aliphatic carboxylic acids is 1. The summed E-state index contributed by atoms with van der Waals surface area (Å²) in [7, 11) is 0. The number of carboxylic acids is 1. The number of ketones is 1. The molecule has 4 nitrogen and oxygen atoms in total. The molecule has 2 N–H and O–H groups in total. The van der Waals surface area contributed by atoms with Crippen LogP contribution in [0.3, 0.4) is 0 Å². The Bertz CT molecular complexity index is 536. The lowest BCUT2D eigenvalue weighted by molar-refractivity contribution is -0.136. The van der Waals surface area contributed by atoms with Crippen molar-refractivity contribution < 1.29 is 19.8 Å². The van der Waals surface area contributed by atoms with Gasteiger partial charge >= 0.3 is 5.97 Å².